The Bertz CT molecular complexity index is 958. The predicted octanol–water partition coefficient (Wildman–Crippen LogP) is 2.03. The summed E-state index contributed by atoms with van der Waals surface area (Å²) in [6.07, 6.45) is 1.22. The molecule has 0 saturated carbocycles. The standard InChI is InChI=1S/C17H17FN6O2/c1-10-13(16(18)24(2)23-10)9-19-22-17(25)15-8-14(20-21-15)11-4-6-12(26-3)7-5-11/h4-9H,1-3H3,(H,20,21)(H,22,25)/b19-9+. The molecule has 1 amide bonds. The molecule has 0 atom stereocenters. The van der Waals surface area contributed by atoms with Crippen LogP contribution in [0.25, 0.3) is 11.3 Å². The number of H-pyrrole nitrogens is 1. The third-order valence-corrected chi connectivity index (χ3v) is 3.76. The Labute approximate surface area is 148 Å². The number of hydrazone groups is 1. The number of aryl methyl sites for hydroxylation is 2. The second-order valence-electron chi connectivity index (χ2n) is 5.51. The van der Waals surface area contributed by atoms with Crippen LogP contribution in [-0.2, 0) is 7.05 Å². The summed E-state index contributed by atoms with van der Waals surface area (Å²) in [5.74, 6) is -0.284. The van der Waals surface area contributed by atoms with E-state index in [2.05, 4.69) is 25.8 Å². The van der Waals surface area contributed by atoms with Gasteiger partial charge in [-0.05, 0) is 37.3 Å². The van der Waals surface area contributed by atoms with Gasteiger partial charge in [-0.1, -0.05) is 0 Å². The summed E-state index contributed by atoms with van der Waals surface area (Å²) in [5.41, 5.74) is 4.70. The van der Waals surface area contributed by atoms with Crippen molar-refractivity contribution in [3.63, 3.8) is 0 Å². The van der Waals surface area contributed by atoms with Crippen molar-refractivity contribution in [3.8, 4) is 17.0 Å². The smallest absolute Gasteiger partial charge is 0.289 e. The zero-order valence-electron chi connectivity index (χ0n) is 14.4. The average Bonchev–Trinajstić information content (AvgIpc) is 3.22. The van der Waals surface area contributed by atoms with Crippen LogP contribution < -0.4 is 10.2 Å². The molecule has 0 fully saturated rings. The van der Waals surface area contributed by atoms with Gasteiger partial charge in [0.05, 0.1) is 30.3 Å². The molecule has 9 heteroatoms. The van der Waals surface area contributed by atoms with Crippen LogP contribution in [0.2, 0.25) is 0 Å². The fraction of sp³-hybridized carbons (Fsp3) is 0.176. The lowest BCUT2D eigenvalue weighted by molar-refractivity contribution is 0.0950. The van der Waals surface area contributed by atoms with Crippen LogP contribution >= 0.6 is 0 Å². The number of hydrogen-bond acceptors (Lipinski definition) is 5. The summed E-state index contributed by atoms with van der Waals surface area (Å²) in [4.78, 5) is 12.1. The number of benzene rings is 1. The van der Waals surface area contributed by atoms with E-state index in [4.69, 9.17) is 4.74 Å². The number of amides is 1. The fourth-order valence-corrected chi connectivity index (χ4v) is 2.36. The van der Waals surface area contributed by atoms with Gasteiger partial charge in [0.2, 0.25) is 5.95 Å². The molecule has 1 aromatic carbocycles. The molecule has 0 aliphatic carbocycles. The first kappa shape index (κ1) is 17.3. The van der Waals surface area contributed by atoms with Crippen LogP contribution in [0.5, 0.6) is 5.75 Å². The largest absolute Gasteiger partial charge is 0.497 e. The number of nitrogens with one attached hydrogen (secondary N) is 2. The summed E-state index contributed by atoms with van der Waals surface area (Å²) in [7, 11) is 3.08. The minimum absolute atomic E-state index is 0.219. The van der Waals surface area contributed by atoms with Crippen LogP contribution in [0, 0.1) is 12.9 Å². The van der Waals surface area contributed by atoms with Crippen molar-refractivity contribution in [2.24, 2.45) is 12.1 Å². The maximum absolute atomic E-state index is 13.8. The molecule has 0 unspecified atom stereocenters. The predicted molar refractivity (Wildman–Crippen MR) is 93.5 cm³/mol. The number of nitrogens with zero attached hydrogens (tertiary/aromatic N) is 4. The highest BCUT2D eigenvalue weighted by molar-refractivity contribution is 5.94. The highest BCUT2D eigenvalue weighted by atomic mass is 19.1. The summed E-state index contributed by atoms with van der Waals surface area (Å²) in [6.45, 7) is 1.66. The molecule has 8 nitrogen and oxygen atoms in total. The van der Waals surface area contributed by atoms with Crippen LogP contribution in [-0.4, -0.2) is 39.2 Å². The lowest BCUT2D eigenvalue weighted by atomic mass is 10.1. The van der Waals surface area contributed by atoms with Crippen LogP contribution in [0.4, 0.5) is 4.39 Å². The highest BCUT2D eigenvalue weighted by Gasteiger charge is 2.12. The summed E-state index contributed by atoms with van der Waals surface area (Å²) in [5, 5.41) is 14.5. The van der Waals surface area contributed by atoms with Crippen molar-refractivity contribution >= 4 is 12.1 Å². The third kappa shape index (κ3) is 3.46. The molecule has 3 aromatic rings. The van der Waals surface area contributed by atoms with E-state index in [1.54, 1.807) is 32.2 Å². The van der Waals surface area contributed by atoms with Crippen molar-refractivity contribution in [1.82, 2.24) is 25.4 Å². The van der Waals surface area contributed by atoms with E-state index in [9.17, 15) is 9.18 Å². The van der Waals surface area contributed by atoms with Crippen molar-refractivity contribution in [3.05, 3.63) is 53.2 Å². The molecular formula is C17H17FN6O2. The minimum atomic E-state index is -0.524. The number of rotatable bonds is 5. The van der Waals surface area contributed by atoms with Crippen molar-refractivity contribution in [1.29, 1.82) is 0 Å². The first-order valence-electron chi connectivity index (χ1n) is 7.72. The van der Waals surface area contributed by atoms with Crippen molar-refractivity contribution in [2.45, 2.75) is 6.92 Å². The Hall–Kier alpha value is -3.49. The zero-order chi connectivity index (χ0) is 18.7. The topological polar surface area (TPSA) is 97.2 Å². The molecule has 2 aromatic heterocycles. The quantitative estimate of drug-likeness (QED) is 0.540. The van der Waals surface area contributed by atoms with E-state index in [1.165, 1.54) is 13.3 Å². The summed E-state index contributed by atoms with van der Waals surface area (Å²) >= 11 is 0. The van der Waals surface area contributed by atoms with E-state index >= 15 is 0 Å². The molecule has 26 heavy (non-hydrogen) atoms. The van der Waals surface area contributed by atoms with Gasteiger partial charge in [-0.25, -0.2) is 10.1 Å². The number of ether oxygens (including phenoxy) is 1. The van der Waals surface area contributed by atoms with Crippen molar-refractivity contribution in [2.75, 3.05) is 7.11 Å². The number of carbonyl (C=O) groups is 1. The lowest BCUT2D eigenvalue weighted by Crippen LogP contribution is -2.18. The van der Waals surface area contributed by atoms with Crippen LogP contribution in [0.3, 0.4) is 0 Å². The Morgan fingerprint density at radius 2 is 2.12 bits per heavy atom. The SMILES string of the molecule is COc1ccc(-c2cc(C(=O)N/N=C/c3c(C)nn(C)c3F)[nH]n2)cc1. The van der Waals surface area contributed by atoms with Crippen molar-refractivity contribution < 1.29 is 13.9 Å². The van der Waals surface area contributed by atoms with Gasteiger partial charge in [0.25, 0.3) is 5.91 Å². The molecule has 0 bridgehead atoms. The van der Waals surface area contributed by atoms with E-state index in [-0.39, 0.29) is 11.3 Å². The maximum atomic E-state index is 13.8. The Kier molecular flexibility index (Phi) is 4.78. The lowest BCUT2D eigenvalue weighted by Gasteiger charge is -2.00. The number of aromatic amines is 1. The Balaban J connectivity index is 1.69. The number of aromatic nitrogens is 4. The third-order valence-electron chi connectivity index (χ3n) is 3.76. The van der Waals surface area contributed by atoms with Gasteiger partial charge in [0.1, 0.15) is 11.4 Å². The van der Waals surface area contributed by atoms with Gasteiger partial charge in [-0.2, -0.15) is 19.7 Å². The van der Waals surface area contributed by atoms with E-state index in [1.807, 2.05) is 12.1 Å². The molecule has 0 spiro atoms. The summed E-state index contributed by atoms with van der Waals surface area (Å²) < 4.78 is 20.0. The minimum Gasteiger partial charge on any atom is -0.497 e. The first-order valence-corrected chi connectivity index (χ1v) is 7.72. The van der Waals surface area contributed by atoms with Gasteiger partial charge in [0, 0.05) is 12.6 Å². The van der Waals surface area contributed by atoms with E-state index in [0.29, 0.717) is 11.4 Å². The molecule has 0 saturated heterocycles. The average molecular weight is 356 g/mol. The van der Waals surface area contributed by atoms with E-state index < -0.39 is 11.9 Å². The Morgan fingerprint density at radius 1 is 1.38 bits per heavy atom. The molecule has 2 N–H and O–H groups in total. The van der Waals surface area contributed by atoms with Crippen LogP contribution in [0.15, 0.2) is 35.4 Å². The van der Waals surface area contributed by atoms with Gasteiger partial charge in [0.15, 0.2) is 0 Å². The molecule has 0 aliphatic heterocycles. The molecule has 0 radical (unpaired) electrons. The highest BCUT2D eigenvalue weighted by Crippen LogP contribution is 2.21. The molecule has 2 heterocycles. The van der Waals surface area contributed by atoms with Gasteiger partial charge in [-0.15, -0.1) is 0 Å². The first-order chi connectivity index (χ1) is 12.5. The van der Waals surface area contributed by atoms with Gasteiger partial charge >= 0.3 is 0 Å². The second kappa shape index (κ2) is 7.18. The number of hydrogen-bond donors (Lipinski definition) is 2. The molecule has 134 valence electrons. The molecule has 0 aliphatic rings. The second-order valence-corrected chi connectivity index (χ2v) is 5.51. The fourth-order valence-electron chi connectivity index (χ4n) is 2.36. The number of halogens is 1. The Morgan fingerprint density at radius 3 is 2.73 bits per heavy atom. The summed E-state index contributed by atoms with van der Waals surface area (Å²) in [6, 6.07) is 8.88. The van der Waals surface area contributed by atoms with E-state index in [0.717, 1.165) is 16.0 Å². The maximum Gasteiger partial charge on any atom is 0.289 e. The zero-order valence-corrected chi connectivity index (χ0v) is 14.4. The molecule has 3 rings (SSSR count). The normalized spacial score (nSPS) is 11.1. The molecular weight excluding hydrogens is 339 g/mol. The van der Waals surface area contributed by atoms with Gasteiger partial charge in [-0.3, -0.25) is 9.89 Å². The monoisotopic (exact) mass is 356 g/mol. The number of methoxy groups -OCH3 is 1. The van der Waals surface area contributed by atoms with Crippen LogP contribution in [0.1, 0.15) is 21.7 Å². The number of carbonyl (C=O) groups excluding carboxylic acids is 1. The van der Waals surface area contributed by atoms with Gasteiger partial charge < -0.3 is 4.74 Å².